The fourth-order valence-electron chi connectivity index (χ4n) is 2.17. The lowest BCUT2D eigenvalue weighted by atomic mass is 10.2. The van der Waals surface area contributed by atoms with Gasteiger partial charge in [-0.25, -0.2) is 8.42 Å². The third kappa shape index (κ3) is 3.79. The van der Waals surface area contributed by atoms with Crippen molar-refractivity contribution in [2.24, 2.45) is 0 Å². The number of nitrogens with zero attached hydrogens (tertiary/aromatic N) is 2. The molecule has 7 nitrogen and oxygen atoms in total. The quantitative estimate of drug-likeness (QED) is 0.834. The monoisotopic (exact) mass is 312 g/mol. The van der Waals surface area contributed by atoms with Crippen LogP contribution in [0.2, 0.25) is 0 Å². The number of para-hydroxylation sites is 1. The molecule has 0 bridgehead atoms. The molecule has 1 amide bonds. The normalized spacial score (nSPS) is 17.5. The number of anilines is 1. The average Bonchev–Trinajstić information content (AvgIpc) is 2.76. The van der Waals surface area contributed by atoms with Crippen LogP contribution in [0.3, 0.4) is 0 Å². The van der Waals surface area contributed by atoms with Gasteiger partial charge in [0, 0.05) is 12.2 Å². The number of sulfonamides is 1. The maximum Gasteiger partial charge on any atom is 0.323 e. The Bertz CT molecular complexity index is 629. The summed E-state index contributed by atoms with van der Waals surface area (Å²) in [4.78, 5) is 24.3. The van der Waals surface area contributed by atoms with E-state index >= 15 is 0 Å². The summed E-state index contributed by atoms with van der Waals surface area (Å²) in [5.74, 6) is -1.67. The Labute approximate surface area is 122 Å². The summed E-state index contributed by atoms with van der Waals surface area (Å²) in [5, 5.41) is 8.93. The predicted molar refractivity (Wildman–Crippen MR) is 76.4 cm³/mol. The highest BCUT2D eigenvalue weighted by molar-refractivity contribution is 7.89. The molecule has 2 rings (SSSR count). The molecule has 0 saturated carbocycles. The highest BCUT2D eigenvalue weighted by Crippen LogP contribution is 2.17. The molecule has 1 heterocycles. The van der Waals surface area contributed by atoms with Crippen LogP contribution in [-0.2, 0) is 19.6 Å². The van der Waals surface area contributed by atoms with E-state index in [9.17, 15) is 18.0 Å². The molecule has 0 aromatic heterocycles. The van der Waals surface area contributed by atoms with Gasteiger partial charge in [-0.15, -0.1) is 0 Å². The van der Waals surface area contributed by atoms with E-state index in [2.05, 4.69) is 0 Å². The molecule has 1 aliphatic heterocycles. The summed E-state index contributed by atoms with van der Waals surface area (Å²) in [5.41, 5.74) is 0.432. The third-order valence-corrected chi connectivity index (χ3v) is 5.08. The van der Waals surface area contributed by atoms with Gasteiger partial charge in [0.1, 0.15) is 6.54 Å². The lowest BCUT2D eigenvalue weighted by Crippen LogP contribution is -2.43. The Balaban J connectivity index is 2.17. The summed E-state index contributed by atoms with van der Waals surface area (Å²) in [6, 6.07) is 8.34. The van der Waals surface area contributed by atoms with Crippen molar-refractivity contribution in [2.75, 3.05) is 30.3 Å². The van der Waals surface area contributed by atoms with Gasteiger partial charge >= 0.3 is 5.97 Å². The summed E-state index contributed by atoms with van der Waals surface area (Å²) >= 11 is 0. The Hall–Kier alpha value is -1.93. The van der Waals surface area contributed by atoms with Gasteiger partial charge in [0.15, 0.2) is 0 Å². The van der Waals surface area contributed by atoms with E-state index in [0.29, 0.717) is 18.7 Å². The van der Waals surface area contributed by atoms with Crippen molar-refractivity contribution >= 4 is 27.6 Å². The maximum absolute atomic E-state index is 12.3. The molecule has 0 aliphatic carbocycles. The van der Waals surface area contributed by atoms with Crippen molar-refractivity contribution in [3.05, 3.63) is 30.3 Å². The standard InChI is InChI=1S/C13H16N2O5S/c16-12(9-14-7-4-8-21(14,19)20)15(10-13(17)18)11-5-2-1-3-6-11/h1-3,5-6H,4,7-10H2,(H,17,18). The van der Waals surface area contributed by atoms with E-state index in [4.69, 9.17) is 5.11 Å². The van der Waals surface area contributed by atoms with Crippen molar-refractivity contribution < 1.29 is 23.1 Å². The zero-order valence-corrected chi connectivity index (χ0v) is 12.1. The van der Waals surface area contributed by atoms with Gasteiger partial charge in [-0.2, -0.15) is 4.31 Å². The topological polar surface area (TPSA) is 95.0 Å². The van der Waals surface area contributed by atoms with Gasteiger partial charge in [-0.05, 0) is 18.6 Å². The molecule has 1 saturated heterocycles. The van der Waals surface area contributed by atoms with E-state index in [1.54, 1.807) is 30.3 Å². The SMILES string of the molecule is O=C(O)CN(C(=O)CN1CCCS1(=O)=O)c1ccccc1. The van der Waals surface area contributed by atoms with Gasteiger partial charge < -0.3 is 10.0 Å². The number of rotatable bonds is 5. The van der Waals surface area contributed by atoms with Gasteiger partial charge in [-0.1, -0.05) is 18.2 Å². The van der Waals surface area contributed by atoms with E-state index in [0.717, 1.165) is 9.21 Å². The van der Waals surface area contributed by atoms with Crippen LogP contribution in [0.1, 0.15) is 6.42 Å². The van der Waals surface area contributed by atoms with E-state index < -0.39 is 28.4 Å². The number of carboxylic acids is 1. The average molecular weight is 312 g/mol. The fraction of sp³-hybridized carbons (Fsp3) is 0.385. The van der Waals surface area contributed by atoms with Crippen LogP contribution in [0.15, 0.2) is 30.3 Å². The van der Waals surface area contributed by atoms with E-state index in [1.165, 1.54) is 0 Å². The van der Waals surface area contributed by atoms with Crippen molar-refractivity contribution in [3.8, 4) is 0 Å². The molecular weight excluding hydrogens is 296 g/mol. The smallest absolute Gasteiger partial charge is 0.323 e. The van der Waals surface area contributed by atoms with Gasteiger partial charge in [0.25, 0.3) is 0 Å². The summed E-state index contributed by atoms with van der Waals surface area (Å²) in [7, 11) is -3.39. The number of carbonyl (C=O) groups is 2. The first-order valence-electron chi connectivity index (χ1n) is 6.45. The summed E-state index contributed by atoms with van der Waals surface area (Å²) in [6.45, 7) is -0.537. The van der Waals surface area contributed by atoms with Crippen LogP contribution < -0.4 is 4.90 Å². The van der Waals surface area contributed by atoms with Crippen LogP contribution in [-0.4, -0.2) is 55.1 Å². The predicted octanol–water partition coefficient (Wildman–Crippen LogP) is 0.140. The number of hydrogen-bond acceptors (Lipinski definition) is 4. The Morgan fingerprint density at radius 3 is 2.43 bits per heavy atom. The molecular formula is C13H16N2O5S. The second-order valence-corrected chi connectivity index (χ2v) is 6.80. The van der Waals surface area contributed by atoms with Gasteiger partial charge in [0.2, 0.25) is 15.9 Å². The molecule has 1 aromatic rings. The number of aliphatic carboxylic acids is 1. The minimum atomic E-state index is -3.39. The number of benzene rings is 1. The van der Waals surface area contributed by atoms with Crippen molar-refractivity contribution in [2.45, 2.75) is 6.42 Å². The summed E-state index contributed by atoms with van der Waals surface area (Å²) in [6.07, 6.45) is 0.486. The first-order chi connectivity index (χ1) is 9.90. The highest BCUT2D eigenvalue weighted by Gasteiger charge is 2.32. The first kappa shape index (κ1) is 15.5. The van der Waals surface area contributed by atoms with Crippen LogP contribution in [0, 0.1) is 0 Å². The fourth-order valence-corrected chi connectivity index (χ4v) is 3.64. The molecule has 0 atom stereocenters. The second-order valence-electron chi connectivity index (χ2n) is 4.71. The maximum atomic E-state index is 12.3. The van der Waals surface area contributed by atoms with Gasteiger partial charge in [0.05, 0.1) is 12.3 Å². The lowest BCUT2D eigenvalue weighted by Gasteiger charge is -2.23. The molecule has 1 N–H and O–H groups in total. The zero-order valence-electron chi connectivity index (χ0n) is 11.3. The molecule has 0 radical (unpaired) electrons. The summed E-state index contributed by atoms with van der Waals surface area (Å²) < 4.78 is 24.5. The molecule has 8 heteroatoms. The second kappa shape index (κ2) is 6.23. The van der Waals surface area contributed by atoms with Crippen LogP contribution >= 0.6 is 0 Å². The largest absolute Gasteiger partial charge is 0.480 e. The number of amides is 1. The Morgan fingerprint density at radius 1 is 1.24 bits per heavy atom. The molecule has 0 spiro atoms. The van der Waals surface area contributed by atoms with Crippen molar-refractivity contribution in [1.82, 2.24) is 4.31 Å². The molecule has 21 heavy (non-hydrogen) atoms. The molecule has 0 unspecified atom stereocenters. The third-order valence-electron chi connectivity index (χ3n) is 3.18. The van der Waals surface area contributed by atoms with E-state index in [1.807, 2.05) is 0 Å². The van der Waals surface area contributed by atoms with Crippen molar-refractivity contribution in [1.29, 1.82) is 0 Å². The highest BCUT2D eigenvalue weighted by atomic mass is 32.2. The Kier molecular flexibility index (Phi) is 4.59. The van der Waals surface area contributed by atoms with E-state index in [-0.39, 0.29) is 12.3 Å². The molecule has 1 aliphatic rings. The molecule has 1 aromatic carbocycles. The van der Waals surface area contributed by atoms with Crippen molar-refractivity contribution in [3.63, 3.8) is 0 Å². The molecule has 1 fully saturated rings. The first-order valence-corrected chi connectivity index (χ1v) is 8.06. The van der Waals surface area contributed by atoms with Gasteiger partial charge in [-0.3, -0.25) is 9.59 Å². The van der Waals surface area contributed by atoms with Crippen LogP contribution in [0.4, 0.5) is 5.69 Å². The Morgan fingerprint density at radius 2 is 1.90 bits per heavy atom. The zero-order chi connectivity index (χ0) is 15.5. The number of hydrogen-bond donors (Lipinski definition) is 1. The van der Waals surface area contributed by atoms with Crippen LogP contribution in [0.25, 0.3) is 0 Å². The number of carbonyl (C=O) groups excluding carboxylic acids is 1. The van der Waals surface area contributed by atoms with Crippen LogP contribution in [0.5, 0.6) is 0 Å². The number of carboxylic acid groups (broad SMARTS) is 1. The molecule has 114 valence electrons. The minimum Gasteiger partial charge on any atom is -0.480 e. The lowest BCUT2D eigenvalue weighted by molar-refractivity contribution is -0.136. The minimum absolute atomic E-state index is 0.0323.